The molecular weight excluding hydrogens is 404 g/mol. The van der Waals surface area contributed by atoms with Gasteiger partial charge in [0.25, 0.3) is 0 Å². The van der Waals surface area contributed by atoms with Crippen LogP contribution in [0.25, 0.3) is 0 Å². The van der Waals surface area contributed by atoms with E-state index in [0.29, 0.717) is 29.5 Å². The zero-order chi connectivity index (χ0) is 22.6. The minimum absolute atomic E-state index is 0.251. The molecular formula is C26H47ClN4. The molecule has 31 heavy (non-hydrogen) atoms. The topological polar surface area (TPSA) is 30.5 Å². The fourth-order valence-electron chi connectivity index (χ4n) is 5.84. The van der Waals surface area contributed by atoms with E-state index in [4.69, 9.17) is 11.6 Å². The Morgan fingerprint density at radius 1 is 1.23 bits per heavy atom. The Balaban J connectivity index is 1.51. The molecule has 1 aliphatic carbocycles. The molecule has 0 amide bonds. The molecule has 0 spiro atoms. The summed E-state index contributed by atoms with van der Waals surface area (Å²) in [7, 11) is 4.29. The van der Waals surface area contributed by atoms with E-state index in [1.54, 1.807) is 0 Å². The maximum Gasteiger partial charge on any atom is 0.0630 e. The van der Waals surface area contributed by atoms with Crippen LogP contribution in [0.2, 0.25) is 0 Å². The Labute approximate surface area is 196 Å². The average Bonchev–Trinajstić information content (AvgIpc) is 2.71. The number of halogens is 1. The molecule has 0 aromatic carbocycles. The second-order valence-electron chi connectivity index (χ2n) is 11.5. The fourth-order valence-corrected chi connectivity index (χ4v) is 6.05. The molecule has 2 heterocycles. The molecule has 0 radical (unpaired) electrons. The number of rotatable bonds is 8. The van der Waals surface area contributed by atoms with Gasteiger partial charge in [-0.15, -0.1) is 11.6 Å². The fraction of sp³-hybridized carbons (Fsp3) is 0.846. The van der Waals surface area contributed by atoms with Gasteiger partial charge in [-0.25, -0.2) is 0 Å². The summed E-state index contributed by atoms with van der Waals surface area (Å²) in [5, 5.41) is 7.79. The lowest BCUT2D eigenvalue weighted by atomic mass is 9.65. The summed E-state index contributed by atoms with van der Waals surface area (Å²) >= 11 is 6.30. The first kappa shape index (κ1) is 25.2. The highest BCUT2D eigenvalue weighted by atomic mass is 35.5. The van der Waals surface area contributed by atoms with Crippen LogP contribution in [0.15, 0.2) is 23.8 Å². The van der Waals surface area contributed by atoms with Crippen LogP contribution in [0, 0.1) is 23.2 Å². The SMILES string of the molecule is CC(C)[C@H](CN1CCC(C2C=CC(Cl)CC2)C(C)(C)C1)NCC1=CCC(N(C)C)NC1. The van der Waals surface area contributed by atoms with Gasteiger partial charge < -0.3 is 10.2 Å². The predicted octanol–water partition coefficient (Wildman–Crippen LogP) is 4.33. The van der Waals surface area contributed by atoms with Crippen molar-refractivity contribution in [2.75, 3.05) is 46.8 Å². The first-order valence-electron chi connectivity index (χ1n) is 12.5. The summed E-state index contributed by atoms with van der Waals surface area (Å²) in [5.41, 5.74) is 1.86. The molecule has 0 saturated carbocycles. The summed E-state index contributed by atoms with van der Waals surface area (Å²) in [6.07, 6.45) is 12.4. The summed E-state index contributed by atoms with van der Waals surface area (Å²) in [6, 6.07) is 0.534. The van der Waals surface area contributed by atoms with Crippen molar-refractivity contribution in [1.82, 2.24) is 20.4 Å². The van der Waals surface area contributed by atoms with Crippen LogP contribution in [0.5, 0.6) is 0 Å². The second-order valence-corrected chi connectivity index (χ2v) is 12.0. The largest absolute Gasteiger partial charge is 0.309 e. The monoisotopic (exact) mass is 450 g/mol. The maximum absolute atomic E-state index is 6.30. The summed E-state index contributed by atoms with van der Waals surface area (Å²) in [4.78, 5) is 4.99. The third kappa shape index (κ3) is 7.04. The van der Waals surface area contributed by atoms with Crippen LogP contribution < -0.4 is 10.6 Å². The Bertz CT molecular complexity index is 627. The Morgan fingerprint density at radius 2 is 2.00 bits per heavy atom. The number of nitrogens with one attached hydrogen (secondary N) is 2. The van der Waals surface area contributed by atoms with Crippen LogP contribution >= 0.6 is 11.6 Å². The second kappa shape index (κ2) is 11.2. The van der Waals surface area contributed by atoms with E-state index in [-0.39, 0.29) is 5.38 Å². The number of piperidine rings is 1. The van der Waals surface area contributed by atoms with E-state index in [2.05, 4.69) is 80.5 Å². The van der Waals surface area contributed by atoms with Gasteiger partial charge in [0.15, 0.2) is 0 Å². The van der Waals surface area contributed by atoms with Gasteiger partial charge in [0.1, 0.15) is 0 Å². The Kier molecular flexibility index (Phi) is 9.08. The zero-order valence-electron chi connectivity index (χ0n) is 20.8. The Morgan fingerprint density at radius 3 is 2.55 bits per heavy atom. The maximum atomic E-state index is 6.30. The summed E-state index contributed by atoms with van der Waals surface area (Å²) in [5.74, 6) is 2.12. The molecule has 1 fully saturated rings. The van der Waals surface area contributed by atoms with Crippen molar-refractivity contribution in [2.45, 2.75) is 71.0 Å². The molecule has 0 aromatic rings. The quantitative estimate of drug-likeness (QED) is 0.425. The highest BCUT2D eigenvalue weighted by Crippen LogP contribution is 2.43. The molecule has 2 aliphatic heterocycles. The van der Waals surface area contributed by atoms with Crippen LogP contribution in [0.4, 0.5) is 0 Å². The molecule has 2 N–H and O–H groups in total. The minimum atomic E-state index is 0.251. The van der Waals surface area contributed by atoms with Crippen molar-refractivity contribution in [2.24, 2.45) is 23.2 Å². The normalized spacial score (nSPS) is 33.0. The van der Waals surface area contributed by atoms with E-state index >= 15 is 0 Å². The molecule has 4 unspecified atom stereocenters. The van der Waals surface area contributed by atoms with Crippen LogP contribution in [0.3, 0.4) is 0 Å². The molecule has 0 aromatic heterocycles. The van der Waals surface area contributed by atoms with Crippen molar-refractivity contribution in [3.05, 3.63) is 23.8 Å². The van der Waals surface area contributed by atoms with E-state index in [9.17, 15) is 0 Å². The minimum Gasteiger partial charge on any atom is -0.309 e. The summed E-state index contributed by atoms with van der Waals surface area (Å²) in [6.45, 7) is 15.3. The third-order valence-corrected chi connectivity index (χ3v) is 8.28. The van der Waals surface area contributed by atoms with Gasteiger partial charge in [-0.05, 0) is 75.1 Å². The first-order valence-corrected chi connectivity index (χ1v) is 12.9. The van der Waals surface area contributed by atoms with Crippen molar-refractivity contribution >= 4 is 11.6 Å². The molecule has 5 atom stereocenters. The van der Waals surface area contributed by atoms with Crippen molar-refractivity contribution in [1.29, 1.82) is 0 Å². The standard InChI is InChI=1S/C26H47ClN4/c1-19(2)24(28-15-20-7-12-25(29-16-20)30(5)6)17-31-14-13-23(26(3,4)18-31)21-8-10-22(27)11-9-21/h7-8,10,19,21-25,28-29H,9,11-18H2,1-6H3/t21?,22?,23?,24-,25?/m0/s1. The number of nitrogens with zero attached hydrogens (tertiary/aromatic N) is 2. The van der Waals surface area contributed by atoms with Crippen LogP contribution in [-0.4, -0.2) is 74.2 Å². The molecule has 5 heteroatoms. The number of hydrogen-bond acceptors (Lipinski definition) is 4. The number of likely N-dealkylation sites (tertiary alicyclic amines) is 1. The zero-order valence-corrected chi connectivity index (χ0v) is 21.6. The van der Waals surface area contributed by atoms with Gasteiger partial charge in [0.2, 0.25) is 0 Å². The van der Waals surface area contributed by atoms with Gasteiger partial charge in [0, 0.05) is 32.2 Å². The van der Waals surface area contributed by atoms with E-state index in [1.165, 1.54) is 31.5 Å². The molecule has 178 valence electrons. The molecule has 4 nitrogen and oxygen atoms in total. The van der Waals surface area contributed by atoms with Crippen molar-refractivity contribution in [3.63, 3.8) is 0 Å². The van der Waals surface area contributed by atoms with Gasteiger partial charge in [-0.1, -0.05) is 45.9 Å². The van der Waals surface area contributed by atoms with Crippen molar-refractivity contribution in [3.8, 4) is 0 Å². The van der Waals surface area contributed by atoms with E-state index in [1.807, 2.05) is 0 Å². The highest BCUT2D eigenvalue weighted by molar-refractivity contribution is 6.21. The van der Waals surface area contributed by atoms with Gasteiger partial charge in [-0.2, -0.15) is 0 Å². The predicted molar refractivity (Wildman–Crippen MR) is 135 cm³/mol. The lowest BCUT2D eigenvalue weighted by Crippen LogP contribution is -2.53. The Hall–Kier alpha value is -0.390. The van der Waals surface area contributed by atoms with Gasteiger partial charge >= 0.3 is 0 Å². The molecule has 3 aliphatic rings. The molecule has 3 rings (SSSR count). The average molecular weight is 451 g/mol. The lowest BCUT2D eigenvalue weighted by molar-refractivity contribution is 0.0222. The lowest BCUT2D eigenvalue weighted by Gasteiger charge is -2.48. The number of hydrogen-bond donors (Lipinski definition) is 2. The summed E-state index contributed by atoms with van der Waals surface area (Å²) < 4.78 is 0. The van der Waals surface area contributed by atoms with E-state index in [0.717, 1.165) is 38.4 Å². The molecule has 0 bridgehead atoms. The number of alkyl halides is 1. The van der Waals surface area contributed by atoms with Crippen molar-refractivity contribution < 1.29 is 0 Å². The van der Waals surface area contributed by atoms with Crippen LogP contribution in [0.1, 0.15) is 53.4 Å². The molecule has 1 saturated heterocycles. The van der Waals surface area contributed by atoms with Gasteiger partial charge in [-0.3, -0.25) is 10.2 Å². The third-order valence-electron chi connectivity index (χ3n) is 7.92. The smallest absolute Gasteiger partial charge is 0.0630 e. The van der Waals surface area contributed by atoms with Gasteiger partial charge in [0.05, 0.1) is 11.5 Å². The highest BCUT2D eigenvalue weighted by Gasteiger charge is 2.40. The van der Waals surface area contributed by atoms with E-state index < -0.39 is 0 Å². The first-order chi connectivity index (χ1) is 14.7. The van der Waals surface area contributed by atoms with Crippen LogP contribution in [-0.2, 0) is 0 Å². The number of allylic oxidation sites excluding steroid dienone is 2.